The molecule has 0 bridgehead atoms. The van der Waals surface area contributed by atoms with Crippen molar-refractivity contribution in [3.63, 3.8) is 0 Å². The summed E-state index contributed by atoms with van der Waals surface area (Å²) >= 11 is 0. The Bertz CT molecular complexity index is 2840. The van der Waals surface area contributed by atoms with E-state index in [2.05, 4.69) is 77.6 Å². The van der Waals surface area contributed by atoms with Crippen LogP contribution in [0.1, 0.15) is 199 Å². The minimum Gasteiger partial charge on any atom is -0.497 e. The molecule has 9 rings (SSSR count). The van der Waals surface area contributed by atoms with Crippen molar-refractivity contribution < 1.29 is 46.3 Å². The lowest BCUT2D eigenvalue weighted by Gasteiger charge is -2.61. The van der Waals surface area contributed by atoms with Gasteiger partial charge in [0.15, 0.2) is 0 Å². The smallest absolute Gasteiger partial charge is 0.407 e. The van der Waals surface area contributed by atoms with Gasteiger partial charge in [0, 0.05) is 48.8 Å². The summed E-state index contributed by atoms with van der Waals surface area (Å²) in [7, 11) is 0.0978. The molecule has 1 aliphatic heterocycles. The third-order valence-corrected chi connectivity index (χ3v) is 24.2. The molecule has 11 nitrogen and oxygen atoms in total. The molecule has 1 heterocycles. The number of hydrogen-bond donors (Lipinski definition) is 2. The summed E-state index contributed by atoms with van der Waals surface area (Å²) in [5.74, 6) is 4.46. The molecule has 15 heteroatoms. The second kappa shape index (κ2) is 31.1. The van der Waals surface area contributed by atoms with Crippen molar-refractivity contribution >= 4 is 30.0 Å². The van der Waals surface area contributed by atoms with Crippen LogP contribution in [0.5, 0.6) is 5.75 Å². The van der Waals surface area contributed by atoms with Gasteiger partial charge in [-0.1, -0.05) is 133 Å². The predicted octanol–water partition coefficient (Wildman–Crippen LogP) is 17.5. The van der Waals surface area contributed by atoms with E-state index in [4.69, 9.17) is 27.9 Å². The average molecular weight is 1260 g/mol. The summed E-state index contributed by atoms with van der Waals surface area (Å²) < 4.78 is 74.5. The van der Waals surface area contributed by atoms with Gasteiger partial charge in [-0.2, -0.15) is 0 Å². The van der Waals surface area contributed by atoms with E-state index < -0.39 is 50.7 Å². The first-order chi connectivity index (χ1) is 42.7. The summed E-state index contributed by atoms with van der Waals surface area (Å²) in [4.78, 5) is 26.5. The minimum atomic E-state index is -1.46. The van der Waals surface area contributed by atoms with Crippen molar-refractivity contribution in [1.29, 1.82) is 0 Å². The van der Waals surface area contributed by atoms with Crippen molar-refractivity contribution in [1.82, 2.24) is 15.3 Å². The molecule has 0 spiro atoms. The molecule has 1 saturated heterocycles. The summed E-state index contributed by atoms with van der Waals surface area (Å²) in [5, 5.41) is 5.88. The standard InChI is InChI=1S/C74H107F2N3O8PSi/c1-48(2)23-22-24-51(7)61-36-37-62-59-35-32-56-44-58(38-40-72(56,8)63(59)39-41-73(61,62)9)84-71(81)77-42-21-15-20-29-67(80)78-46-52-43-60(65(76)45-64(52)75)68-70(87-89(11)12)69(86-88-79(49(3)4)50(5)6)66(85-68)47-83-74(53-25-16-13-17-26-53,54-27-18-14-19-28-54)55-30-33-57(82-10)34-31-55/h13-14,16-19,25-28,30-31,33-34,43,45,48-51,56,58-59,61-63,66,68-70,88H,15,20-24,29,32,35-42,44,46-47H2,1-12H3,(H,77,81)(H,78,80)/t51-,56?,58+,59?,61-,62+,63+,66-,68+,69?,70?,72+,73?/m1/s1. The molecule has 4 saturated carbocycles. The molecule has 1 radical (unpaired) electrons. The van der Waals surface area contributed by atoms with Crippen LogP contribution in [0.3, 0.4) is 0 Å². The highest BCUT2D eigenvalue weighted by atomic mass is 31.1. The van der Waals surface area contributed by atoms with Crippen LogP contribution in [0, 0.1) is 63.9 Å². The van der Waals surface area contributed by atoms with Gasteiger partial charge in [0.1, 0.15) is 53.5 Å². The van der Waals surface area contributed by atoms with Gasteiger partial charge >= 0.3 is 6.09 Å². The van der Waals surface area contributed by atoms with E-state index in [0.717, 1.165) is 77.5 Å². The Morgan fingerprint density at radius 3 is 2.06 bits per heavy atom. The second-order valence-electron chi connectivity index (χ2n) is 28.8. The third kappa shape index (κ3) is 16.0. The van der Waals surface area contributed by atoms with Crippen LogP contribution in [-0.2, 0) is 40.1 Å². The number of benzene rings is 4. The van der Waals surface area contributed by atoms with Crippen LogP contribution in [0.2, 0.25) is 13.1 Å². The van der Waals surface area contributed by atoms with Gasteiger partial charge in [-0.05, 0) is 199 Å². The topological polar surface area (TPSA) is 117 Å². The highest BCUT2D eigenvalue weighted by Crippen LogP contribution is 2.68. The van der Waals surface area contributed by atoms with E-state index in [1.54, 1.807) is 7.11 Å². The fraction of sp³-hybridized carbons (Fsp3) is 0.649. The summed E-state index contributed by atoms with van der Waals surface area (Å²) in [6.45, 7) is 25.4. The van der Waals surface area contributed by atoms with Gasteiger partial charge < -0.3 is 38.5 Å². The fourth-order valence-electron chi connectivity index (χ4n) is 17.3. The van der Waals surface area contributed by atoms with Gasteiger partial charge in [0.05, 0.1) is 22.7 Å². The van der Waals surface area contributed by atoms with Gasteiger partial charge in [-0.3, -0.25) is 9.46 Å². The molecular formula is C74H107F2N3O8PSi. The molecule has 89 heavy (non-hydrogen) atoms. The van der Waals surface area contributed by atoms with Crippen LogP contribution >= 0.6 is 8.96 Å². The Labute approximate surface area is 536 Å². The molecule has 489 valence electrons. The number of methoxy groups -OCH3 is 1. The zero-order valence-electron chi connectivity index (χ0n) is 55.7. The van der Waals surface area contributed by atoms with Crippen molar-refractivity contribution in [3.8, 4) is 5.75 Å². The Hall–Kier alpha value is -4.27. The van der Waals surface area contributed by atoms with E-state index in [-0.39, 0.29) is 69.8 Å². The van der Waals surface area contributed by atoms with Gasteiger partial charge in [0.2, 0.25) is 14.9 Å². The number of rotatable bonds is 29. The number of fused-ring (bicyclic) bond motifs is 5. The number of nitrogens with one attached hydrogen (secondary N) is 2. The van der Waals surface area contributed by atoms with Gasteiger partial charge in [-0.15, -0.1) is 0 Å². The average Bonchev–Trinajstić information content (AvgIpc) is 2.50. The summed E-state index contributed by atoms with van der Waals surface area (Å²) in [6.07, 6.45) is 13.8. The van der Waals surface area contributed by atoms with Crippen LogP contribution in [0.4, 0.5) is 13.6 Å². The zero-order valence-corrected chi connectivity index (χ0v) is 57.7. The van der Waals surface area contributed by atoms with Crippen LogP contribution < -0.4 is 15.4 Å². The monoisotopic (exact) mass is 1260 g/mol. The number of amides is 2. The lowest BCUT2D eigenvalue weighted by atomic mass is 9.44. The molecule has 14 atom stereocenters. The number of carbonyl (C=O) groups is 2. The zero-order chi connectivity index (χ0) is 63.6. The second-order valence-corrected chi connectivity index (χ2v) is 31.8. The summed E-state index contributed by atoms with van der Waals surface area (Å²) in [5.41, 5.74) is 2.56. The maximum Gasteiger partial charge on any atom is 0.407 e. The maximum atomic E-state index is 16.6. The van der Waals surface area contributed by atoms with Crippen LogP contribution in [-0.4, -0.2) is 82.5 Å². The fourth-order valence-corrected chi connectivity index (χ4v) is 19.0. The van der Waals surface area contributed by atoms with Crippen molar-refractivity contribution in [2.24, 2.45) is 52.3 Å². The Balaban J connectivity index is 0.787. The Kier molecular flexibility index (Phi) is 24.1. The predicted molar refractivity (Wildman–Crippen MR) is 355 cm³/mol. The number of alkyl carbamates (subject to hydrolysis) is 1. The number of halogens is 2. The highest BCUT2D eigenvalue weighted by Gasteiger charge is 2.61. The number of nitrogens with zero attached hydrogens (tertiary/aromatic N) is 1. The minimum absolute atomic E-state index is 0.00607. The molecule has 2 N–H and O–H groups in total. The first-order valence-electron chi connectivity index (χ1n) is 34.1. The SMILES string of the molecule is COc1ccc(C(OC[C@H]2O[C@@H](c3cc(CNC(=O)CCCCCNC(=O)O[C@H]4CC[C@@]5(C)C(CCC6[C@@H]7CC[C@H]([C@H](C)CCCC(C)C)C7(C)CC[C@@H]65)C4)c(F)cc3F)C(O[Si](C)C)C2OPN(C(C)C)C(C)C)(c2ccccc2)c2ccccc2)cc1. The van der Waals surface area contributed by atoms with Gasteiger partial charge in [-0.25, -0.2) is 13.6 Å². The number of hydrogen-bond acceptors (Lipinski definition) is 9. The molecule has 0 aromatic heterocycles. The molecular weight excluding hydrogens is 1160 g/mol. The lowest BCUT2D eigenvalue weighted by Crippen LogP contribution is -2.54. The molecule has 4 aromatic rings. The number of unbranched alkanes of at least 4 members (excludes halogenated alkanes) is 2. The quantitative estimate of drug-likeness (QED) is 0.0237. The molecule has 5 fully saturated rings. The lowest BCUT2D eigenvalue weighted by molar-refractivity contribution is -0.129. The van der Waals surface area contributed by atoms with E-state index in [1.807, 2.05) is 98.0 Å². The van der Waals surface area contributed by atoms with Crippen LogP contribution in [0.15, 0.2) is 97.1 Å². The molecule has 2 amide bonds. The van der Waals surface area contributed by atoms with E-state index in [1.165, 1.54) is 63.9 Å². The molecule has 4 aliphatic carbocycles. The van der Waals surface area contributed by atoms with Crippen molar-refractivity contribution in [2.75, 3.05) is 20.3 Å². The highest BCUT2D eigenvalue weighted by molar-refractivity contribution is 7.29. The third-order valence-electron chi connectivity index (χ3n) is 21.8. The Morgan fingerprint density at radius 1 is 0.742 bits per heavy atom. The van der Waals surface area contributed by atoms with E-state index >= 15 is 8.78 Å². The molecule has 6 unspecified atom stereocenters. The number of ether oxygens (including phenoxy) is 4. The van der Waals surface area contributed by atoms with E-state index in [9.17, 15) is 9.59 Å². The van der Waals surface area contributed by atoms with Crippen LogP contribution in [0.25, 0.3) is 0 Å². The normalized spacial score (nSPS) is 28.2. The summed E-state index contributed by atoms with van der Waals surface area (Å²) in [6, 6.07) is 30.6. The van der Waals surface area contributed by atoms with Crippen molar-refractivity contribution in [2.45, 2.75) is 233 Å². The van der Waals surface area contributed by atoms with E-state index in [0.29, 0.717) is 48.3 Å². The molecule has 4 aromatic carbocycles. The Morgan fingerprint density at radius 2 is 1.40 bits per heavy atom. The first-order valence-corrected chi connectivity index (χ1v) is 37.3. The van der Waals surface area contributed by atoms with Gasteiger partial charge in [0.25, 0.3) is 0 Å². The largest absolute Gasteiger partial charge is 0.497 e. The first kappa shape index (κ1) is 69.1. The maximum absolute atomic E-state index is 16.6. The van der Waals surface area contributed by atoms with Crippen molar-refractivity contribution in [3.05, 3.63) is 137 Å². The molecule has 5 aliphatic rings. The number of carbonyl (C=O) groups excluding carboxylic acids is 2.